The van der Waals surface area contributed by atoms with Crippen molar-refractivity contribution in [2.24, 2.45) is 0 Å². The molecule has 1 fully saturated rings. The van der Waals surface area contributed by atoms with Crippen LogP contribution in [0, 0.1) is 0 Å². The van der Waals surface area contributed by atoms with Crippen LogP contribution in [0.1, 0.15) is 40.4 Å². The lowest BCUT2D eigenvalue weighted by atomic mass is 10.0. The maximum atomic E-state index is 13.0. The molecule has 2 N–H and O–H groups in total. The molecule has 1 saturated heterocycles. The van der Waals surface area contributed by atoms with Gasteiger partial charge in [-0.25, -0.2) is 13.1 Å². The number of sulfonamides is 1. The summed E-state index contributed by atoms with van der Waals surface area (Å²) >= 11 is 0. The van der Waals surface area contributed by atoms with Crippen molar-refractivity contribution in [3.8, 4) is 0 Å². The van der Waals surface area contributed by atoms with E-state index in [0.717, 1.165) is 24.8 Å². The molecule has 0 radical (unpaired) electrons. The largest absolute Gasteiger partial charge is 0.455 e. The van der Waals surface area contributed by atoms with Crippen molar-refractivity contribution in [2.75, 3.05) is 25.9 Å². The molecule has 1 aromatic heterocycles. The Morgan fingerprint density at radius 3 is 2.67 bits per heavy atom. The number of rotatable bonds is 6. The third kappa shape index (κ3) is 4.97. The number of benzene rings is 1. The van der Waals surface area contributed by atoms with E-state index < -0.39 is 10.0 Å². The first-order valence-corrected chi connectivity index (χ1v) is 10.9. The van der Waals surface area contributed by atoms with Crippen LogP contribution in [-0.2, 0) is 23.0 Å². The average Bonchev–Trinajstić information content (AvgIpc) is 3.14. The van der Waals surface area contributed by atoms with Crippen molar-refractivity contribution < 1.29 is 17.6 Å². The van der Waals surface area contributed by atoms with E-state index in [1.54, 1.807) is 12.1 Å². The van der Waals surface area contributed by atoms with Crippen LogP contribution in [0.4, 0.5) is 0 Å². The summed E-state index contributed by atoms with van der Waals surface area (Å²) in [6.07, 6.45) is 2.06. The molecule has 1 aliphatic heterocycles. The number of aryl methyl sites for hydroxylation is 1. The summed E-state index contributed by atoms with van der Waals surface area (Å²) in [7, 11) is -3.32. The van der Waals surface area contributed by atoms with Gasteiger partial charge in [0.1, 0.15) is 5.76 Å². The first-order chi connectivity index (χ1) is 12.9. The van der Waals surface area contributed by atoms with Crippen LogP contribution in [0.3, 0.4) is 0 Å². The van der Waals surface area contributed by atoms with Crippen LogP contribution in [0.25, 0.3) is 0 Å². The van der Waals surface area contributed by atoms with Crippen LogP contribution in [0.5, 0.6) is 0 Å². The maximum absolute atomic E-state index is 13.0. The van der Waals surface area contributed by atoms with Crippen LogP contribution in [0.15, 0.2) is 40.8 Å². The Hall–Kier alpha value is -2.16. The number of nitrogens with zero attached hydrogens (tertiary/aromatic N) is 1. The van der Waals surface area contributed by atoms with Gasteiger partial charge in [-0.15, -0.1) is 0 Å². The van der Waals surface area contributed by atoms with Crippen LogP contribution in [0.2, 0.25) is 0 Å². The average molecular weight is 391 g/mol. The van der Waals surface area contributed by atoms with E-state index in [2.05, 4.69) is 41.2 Å². The Balaban J connectivity index is 1.76. The van der Waals surface area contributed by atoms with Crippen molar-refractivity contribution in [1.29, 1.82) is 0 Å². The fraction of sp³-hybridized carbons (Fsp3) is 0.421. The second-order valence-corrected chi connectivity index (χ2v) is 8.51. The van der Waals surface area contributed by atoms with E-state index in [9.17, 15) is 13.2 Å². The lowest BCUT2D eigenvalue weighted by molar-refractivity contribution is 0.0600. The van der Waals surface area contributed by atoms with Crippen molar-refractivity contribution in [3.63, 3.8) is 0 Å². The van der Waals surface area contributed by atoms with E-state index in [1.807, 2.05) is 4.90 Å². The molecule has 2 heterocycles. The number of hydrogen-bond donors (Lipinski definition) is 2. The molecule has 0 bridgehead atoms. The zero-order valence-electron chi connectivity index (χ0n) is 15.6. The van der Waals surface area contributed by atoms with Gasteiger partial charge in [0.05, 0.1) is 18.8 Å². The molecule has 0 aliphatic carbocycles. The van der Waals surface area contributed by atoms with Crippen LogP contribution < -0.4 is 10.0 Å². The fourth-order valence-corrected chi connectivity index (χ4v) is 3.56. The topological polar surface area (TPSA) is 91.7 Å². The van der Waals surface area contributed by atoms with E-state index in [4.69, 9.17) is 4.42 Å². The molecular weight excluding hydrogens is 366 g/mol. The van der Waals surface area contributed by atoms with Gasteiger partial charge in [0.25, 0.3) is 5.91 Å². The second kappa shape index (κ2) is 8.24. The molecule has 146 valence electrons. The highest BCUT2D eigenvalue weighted by atomic mass is 32.2. The minimum atomic E-state index is -3.32. The SMILES string of the molecule is CCc1ccc(C2CNCCN2C(=O)c2ccc(CNS(C)(=O)=O)o2)cc1. The number of piperazine rings is 1. The fourth-order valence-electron chi connectivity index (χ4n) is 3.15. The van der Waals surface area contributed by atoms with Gasteiger partial charge in [-0.2, -0.15) is 0 Å². The summed E-state index contributed by atoms with van der Waals surface area (Å²) in [5.41, 5.74) is 2.34. The molecule has 7 nitrogen and oxygen atoms in total. The van der Waals surface area contributed by atoms with E-state index >= 15 is 0 Å². The molecule has 1 aliphatic rings. The molecule has 1 amide bonds. The Morgan fingerprint density at radius 1 is 1.26 bits per heavy atom. The summed E-state index contributed by atoms with van der Waals surface area (Å²) < 4.78 is 30.3. The van der Waals surface area contributed by atoms with E-state index in [0.29, 0.717) is 18.8 Å². The Morgan fingerprint density at radius 2 is 2.00 bits per heavy atom. The minimum absolute atomic E-state index is 0.0234. The van der Waals surface area contributed by atoms with Gasteiger partial charge in [-0.1, -0.05) is 31.2 Å². The molecule has 27 heavy (non-hydrogen) atoms. The Bertz CT molecular complexity index is 890. The highest BCUT2D eigenvalue weighted by Gasteiger charge is 2.30. The summed E-state index contributed by atoms with van der Waals surface area (Å²) in [6.45, 7) is 4.12. The third-order valence-electron chi connectivity index (χ3n) is 4.66. The van der Waals surface area contributed by atoms with Gasteiger partial charge < -0.3 is 14.6 Å². The Labute approximate surface area is 159 Å². The highest BCUT2D eigenvalue weighted by molar-refractivity contribution is 7.88. The molecular formula is C19H25N3O4S. The van der Waals surface area contributed by atoms with Gasteiger partial charge in [-0.05, 0) is 29.7 Å². The summed E-state index contributed by atoms with van der Waals surface area (Å²) in [6, 6.07) is 11.5. The molecule has 0 saturated carbocycles. The second-order valence-electron chi connectivity index (χ2n) is 6.67. The first-order valence-electron chi connectivity index (χ1n) is 9.01. The van der Waals surface area contributed by atoms with Crippen LogP contribution in [-0.4, -0.2) is 45.1 Å². The third-order valence-corrected chi connectivity index (χ3v) is 5.33. The normalized spacial score (nSPS) is 17.9. The lowest BCUT2D eigenvalue weighted by Gasteiger charge is -2.36. The molecule has 2 aromatic rings. The summed E-state index contributed by atoms with van der Waals surface area (Å²) in [5, 5.41) is 3.34. The van der Waals surface area contributed by atoms with Gasteiger partial charge in [0.2, 0.25) is 10.0 Å². The van der Waals surface area contributed by atoms with Crippen molar-refractivity contribution in [2.45, 2.75) is 25.9 Å². The number of hydrogen-bond acceptors (Lipinski definition) is 5. The van der Waals surface area contributed by atoms with Gasteiger partial charge in [0, 0.05) is 19.6 Å². The number of nitrogens with one attached hydrogen (secondary N) is 2. The van der Waals surface area contributed by atoms with Crippen molar-refractivity contribution in [3.05, 3.63) is 59.0 Å². The zero-order chi connectivity index (χ0) is 19.4. The summed E-state index contributed by atoms with van der Waals surface area (Å²) in [5.74, 6) is 0.437. The number of amides is 1. The molecule has 8 heteroatoms. The number of furan rings is 1. The molecule has 1 atom stereocenters. The molecule has 3 rings (SSSR count). The van der Waals surface area contributed by atoms with Crippen LogP contribution >= 0.6 is 0 Å². The van der Waals surface area contributed by atoms with Gasteiger partial charge >= 0.3 is 0 Å². The van der Waals surface area contributed by atoms with Crippen molar-refractivity contribution >= 4 is 15.9 Å². The van der Waals surface area contributed by atoms with E-state index in [-0.39, 0.29) is 24.3 Å². The lowest BCUT2D eigenvalue weighted by Crippen LogP contribution is -2.48. The predicted molar refractivity (Wildman–Crippen MR) is 103 cm³/mol. The Kier molecular flexibility index (Phi) is 5.98. The monoisotopic (exact) mass is 391 g/mol. The quantitative estimate of drug-likeness (QED) is 0.782. The summed E-state index contributed by atoms with van der Waals surface area (Å²) in [4.78, 5) is 14.8. The first kappa shape index (κ1) is 19.6. The zero-order valence-corrected chi connectivity index (χ0v) is 16.4. The molecule has 0 spiro atoms. The standard InChI is InChI=1S/C19H25N3O4S/c1-3-14-4-6-15(7-5-14)17-13-20-10-11-22(17)19(23)18-9-8-16(26-18)12-21-27(2,24)25/h4-9,17,20-21H,3,10-13H2,1-2H3. The smallest absolute Gasteiger partial charge is 0.290 e. The molecule has 1 aromatic carbocycles. The van der Waals surface area contributed by atoms with Gasteiger partial charge in [-0.3, -0.25) is 4.79 Å². The minimum Gasteiger partial charge on any atom is -0.455 e. The van der Waals surface area contributed by atoms with Crippen molar-refractivity contribution in [1.82, 2.24) is 14.9 Å². The predicted octanol–water partition coefficient (Wildman–Crippen LogP) is 1.68. The highest BCUT2D eigenvalue weighted by Crippen LogP contribution is 2.25. The number of carbonyl (C=O) groups is 1. The maximum Gasteiger partial charge on any atom is 0.290 e. The van der Waals surface area contributed by atoms with E-state index in [1.165, 1.54) is 5.56 Å². The van der Waals surface area contributed by atoms with Gasteiger partial charge in [0.15, 0.2) is 5.76 Å². The number of carbonyl (C=O) groups excluding carboxylic acids is 1. The molecule has 1 unspecified atom stereocenters.